The van der Waals surface area contributed by atoms with Gasteiger partial charge in [-0.2, -0.15) is 0 Å². The Balaban J connectivity index is 1.33. The van der Waals surface area contributed by atoms with Gasteiger partial charge in [0.2, 0.25) is 0 Å². The number of Topliss-reactive ketones (excluding diaryl/α,β-unsaturated/α-hetero) is 1. The van der Waals surface area contributed by atoms with Gasteiger partial charge >= 0.3 is 158 Å². The molecule has 36 heavy (non-hydrogen) atoms. The summed E-state index contributed by atoms with van der Waals surface area (Å²) in [5.41, 5.74) is 1.01. The Bertz CT molecular complexity index is 1110. The molecule has 0 heterocycles. The van der Waals surface area contributed by atoms with Crippen LogP contribution >= 0.6 is 0 Å². The molecule has 1 N–H and O–H groups in total. The van der Waals surface area contributed by atoms with Crippen LogP contribution in [0.2, 0.25) is 0 Å². The molecule has 188 valence electrons. The molecule has 4 rings (SSSR count). The van der Waals surface area contributed by atoms with E-state index < -0.39 is 34.9 Å². The van der Waals surface area contributed by atoms with E-state index in [1.165, 1.54) is 56.2 Å². The Labute approximate surface area is 230 Å². The number of carbonyl (C=O) groups excluding carboxylic acids is 1. The molecule has 2 nitrogen and oxygen atoms in total. The maximum absolute atomic E-state index is 13.9. The van der Waals surface area contributed by atoms with Crippen LogP contribution in [0.4, 0.5) is 8.78 Å². The van der Waals surface area contributed by atoms with Crippen molar-refractivity contribution in [3.8, 4) is 11.8 Å². The standard InChI is InChI=1S/C31H35F2O2.Tl/c1-3-5-21-6-4-7-26(18-21)23-10-8-22(9-11-23)19-27(24-12-13-24)20-29(34)25-14-16-28(17-15-25)31(2,35)30(32)33;/h4,6-7,14-18,22-24,27,35H,8-13,19-20H2,1-2H3;/t22?,23?,27-,31-;/m0./s1. The van der Waals surface area contributed by atoms with Crippen LogP contribution in [0, 0.1) is 29.6 Å². The van der Waals surface area contributed by atoms with Crippen molar-refractivity contribution in [3.63, 3.8) is 0 Å². The van der Waals surface area contributed by atoms with Crippen molar-refractivity contribution in [2.45, 2.75) is 80.2 Å². The molecule has 0 aliphatic heterocycles. The molecule has 0 amide bonds. The van der Waals surface area contributed by atoms with Gasteiger partial charge in [-0.05, 0) is 43.4 Å². The zero-order valence-corrected chi connectivity index (χ0v) is 25.8. The minimum atomic E-state index is -3.11. The van der Waals surface area contributed by atoms with Crippen molar-refractivity contribution in [1.29, 1.82) is 0 Å². The van der Waals surface area contributed by atoms with Crippen LogP contribution in [0.5, 0.6) is 0 Å². The molecule has 2 fully saturated rings. The van der Waals surface area contributed by atoms with Gasteiger partial charge < -0.3 is 0 Å². The van der Waals surface area contributed by atoms with Gasteiger partial charge in [-0.3, -0.25) is 0 Å². The maximum atomic E-state index is 13.9. The third kappa shape index (κ3) is 6.64. The zero-order valence-electron chi connectivity index (χ0n) is 21.3. The van der Waals surface area contributed by atoms with Crippen molar-refractivity contribution in [3.05, 3.63) is 70.8 Å². The van der Waals surface area contributed by atoms with Gasteiger partial charge in [-0.15, -0.1) is 5.92 Å². The smallest absolute Gasteiger partial charge is 0.0461 e. The minimum absolute atomic E-state index is 0.0835. The van der Waals surface area contributed by atoms with Gasteiger partial charge in [0.05, 0.1) is 0 Å². The van der Waals surface area contributed by atoms with E-state index in [4.69, 9.17) is 0 Å². The van der Waals surface area contributed by atoms with Crippen molar-refractivity contribution in [2.24, 2.45) is 17.8 Å². The summed E-state index contributed by atoms with van der Waals surface area (Å²) < 4.78 is 24.6. The van der Waals surface area contributed by atoms with Gasteiger partial charge in [0.1, 0.15) is 0 Å². The summed E-state index contributed by atoms with van der Waals surface area (Å²) in [6, 6.07) is 14.8. The van der Waals surface area contributed by atoms with Crippen LogP contribution in [0.3, 0.4) is 0 Å². The van der Waals surface area contributed by atoms with Gasteiger partial charge in [0.15, 0.2) is 0 Å². The number of rotatable bonds is 9. The van der Waals surface area contributed by atoms with Gasteiger partial charge in [-0.1, -0.05) is 18.1 Å². The number of ketones is 1. The number of alkyl halides is 2. The average molecular weight is 682 g/mol. The molecule has 2 aromatic carbocycles. The molecule has 2 aliphatic carbocycles. The molecule has 0 spiro atoms. The van der Waals surface area contributed by atoms with E-state index in [1.54, 1.807) is 12.1 Å². The second-order valence-electron chi connectivity index (χ2n) is 11.0. The summed E-state index contributed by atoms with van der Waals surface area (Å²) in [4.78, 5) is 13.1. The molecular formula is C31H35F2O2Tl. The van der Waals surface area contributed by atoms with Crippen LogP contribution in [0.25, 0.3) is 0 Å². The van der Waals surface area contributed by atoms with E-state index in [0.717, 1.165) is 18.9 Å². The first-order valence-electron chi connectivity index (χ1n) is 13.1. The van der Waals surface area contributed by atoms with Crippen molar-refractivity contribution in [1.82, 2.24) is 0 Å². The quantitative estimate of drug-likeness (QED) is 0.176. The zero-order chi connectivity index (χ0) is 25.9. The fourth-order valence-corrected chi connectivity index (χ4v) is 6.36. The van der Waals surface area contributed by atoms with E-state index in [0.29, 0.717) is 35.7 Å². The molecule has 0 radical (unpaired) electrons. The Morgan fingerprint density at radius 2 is 1.75 bits per heavy atom. The van der Waals surface area contributed by atoms with Crippen molar-refractivity contribution >= 4 is 31.6 Å². The van der Waals surface area contributed by atoms with E-state index in [2.05, 4.69) is 36.1 Å². The van der Waals surface area contributed by atoms with E-state index in [1.807, 2.05) is 6.92 Å². The first-order valence-corrected chi connectivity index (χ1v) is 15.4. The van der Waals surface area contributed by atoms with E-state index >= 15 is 0 Å². The minimum Gasteiger partial charge on any atom is -0.0461 e. The van der Waals surface area contributed by atoms with E-state index in [-0.39, 0.29) is 11.3 Å². The summed E-state index contributed by atoms with van der Waals surface area (Å²) in [5, 5.41) is 10.3. The second-order valence-corrected chi connectivity index (χ2v) is 13.8. The van der Waals surface area contributed by atoms with Crippen LogP contribution < -0.4 is 0 Å². The van der Waals surface area contributed by atoms with Crippen LogP contribution in [-0.2, 0) is 5.60 Å². The average Bonchev–Trinajstić information content (AvgIpc) is 3.69. The molecular weight excluding hydrogens is 647 g/mol. The van der Waals surface area contributed by atoms with Gasteiger partial charge in [0, 0.05) is 5.56 Å². The predicted molar refractivity (Wildman–Crippen MR) is 140 cm³/mol. The SMILES string of the molecule is CC#Cc1cccc(C2CCC(C[C@@H](CC(=O)c3ccc([C@](C)(O)[C](F)(F)[Tl])cc3)C3CC3)CC2)c1. The van der Waals surface area contributed by atoms with Crippen LogP contribution in [0.1, 0.15) is 98.2 Å². The summed E-state index contributed by atoms with van der Waals surface area (Å²) in [7, 11) is 0. The number of halogens is 2. The first kappa shape index (κ1) is 27.4. The number of carbonyl (C=O) groups is 1. The molecule has 0 unspecified atom stereocenters. The van der Waals surface area contributed by atoms with E-state index in [9.17, 15) is 18.7 Å². The molecule has 2 atom stereocenters. The Morgan fingerprint density at radius 3 is 2.33 bits per heavy atom. The number of benzene rings is 2. The Morgan fingerprint density at radius 1 is 1.08 bits per heavy atom. The Kier molecular flexibility index (Phi) is 8.72. The molecule has 0 bridgehead atoms. The molecule has 0 saturated heterocycles. The summed E-state index contributed by atoms with van der Waals surface area (Å²) >= 11 is -0.672. The van der Waals surface area contributed by atoms with Gasteiger partial charge in [-0.25, -0.2) is 0 Å². The molecule has 2 saturated carbocycles. The second kappa shape index (κ2) is 11.4. The third-order valence-electron chi connectivity index (χ3n) is 8.26. The molecule has 5 heteroatoms. The fraction of sp³-hybridized carbons (Fsp3) is 0.516. The fourth-order valence-electron chi connectivity index (χ4n) is 5.71. The first-order chi connectivity index (χ1) is 17.1. The molecule has 2 aliphatic rings. The molecule has 2 aromatic rings. The summed E-state index contributed by atoms with van der Waals surface area (Å²) in [6.45, 7) is 3.02. The van der Waals surface area contributed by atoms with Gasteiger partial charge in [0.25, 0.3) is 0 Å². The summed E-state index contributed by atoms with van der Waals surface area (Å²) in [5.74, 6) is 8.52. The van der Waals surface area contributed by atoms with Crippen molar-refractivity contribution in [2.75, 3.05) is 0 Å². The van der Waals surface area contributed by atoms with Crippen molar-refractivity contribution < 1.29 is 18.7 Å². The van der Waals surface area contributed by atoms with Crippen LogP contribution in [0.15, 0.2) is 48.5 Å². The number of hydrogen-bond acceptors (Lipinski definition) is 2. The predicted octanol–water partition coefficient (Wildman–Crippen LogP) is 6.99. The Hall–Kier alpha value is -1.59. The number of hydrogen-bond donors (Lipinski definition) is 1. The number of aliphatic hydroxyl groups is 1. The normalized spacial score (nSPS) is 22.7. The topological polar surface area (TPSA) is 37.3 Å². The summed E-state index contributed by atoms with van der Waals surface area (Å²) in [6.07, 6.45) is 8.81. The third-order valence-corrected chi connectivity index (χ3v) is 10.4. The monoisotopic (exact) mass is 682 g/mol. The molecule has 0 aromatic heterocycles. The van der Waals surface area contributed by atoms with Crippen LogP contribution in [-0.4, -0.2) is 40.1 Å².